The predicted octanol–water partition coefficient (Wildman–Crippen LogP) is 4.06. The summed E-state index contributed by atoms with van der Waals surface area (Å²) in [4.78, 5) is 34.8. The van der Waals surface area contributed by atoms with Crippen LogP contribution in [0.1, 0.15) is 53.7 Å². The van der Waals surface area contributed by atoms with E-state index in [1.807, 2.05) is 6.07 Å². The van der Waals surface area contributed by atoms with Gasteiger partial charge in [0.25, 0.3) is 0 Å². The van der Waals surface area contributed by atoms with Crippen molar-refractivity contribution < 1.29 is 29.0 Å². The lowest BCUT2D eigenvalue weighted by Gasteiger charge is -2.38. The third-order valence-electron chi connectivity index (χ3n) is 5.46. The molecule has 1 aliphatic carbocycles. The number of rotatable bonds is 4. The molecule has 7 heteroatoms. The first kappa shape index (κ1) is 19.7. The van der Waals surface area contributed by atoms with Gasteiger partial charge in [-0.05, 0) is 36.1 Å². The fourth-order valence-corrected chi connectivity index (χ4v) is 4.35. The molecule has 0 fully saturated rings. The molecule has 30 heavy (non-hydrogen) atoms. The Hall–Kier alpha value is -3.61. The number of fused-ring (bicyclic) bond motifs is 3. The van der Waals surface area contributed by atoms with E-state index in [-0.39, 0.29) is 34.9 Å². The molecule has 0 saturated heterocycles. The molecule has 0 aromatic heterocycles. The van der Waals surface area contributed by atoms with Crippen LogP contribution in [0.25, 0.3) is 0 Å². The van der Waals surface area contributed by atoms with Gasteiger partial charge < -0.3 is 19.9 Å². The van der Waals surface area contributed by atoms with Crippen molar-refractivity contribution in [2.75, 3.05) is 5.32 Å². The van der Waals surface area contributed by atoms with Crippen molar-refractivity contribution in [1.29, 1.82) is 0 Å². The van der Waals surface area contributed by atoms with Gasteiger partial charge in [0.1, 0.15) is 11.5 Å². The van der Waals surface area contributed by atoms with Crippen molar-refractivity contribution in [3.63, 3.8) is 0 Å². The number of carboxylic acids is 1. The third kappa shape index (κ3) is 3.54. The van der Waals surface area contributed by atoms with Crippen LogP contribution in [0.15, 0.2) is 48.6 Å². The summed E-state index contributed by atoms with van der Waals surface area (Å²) in [6.07, 6.45) is 4.98. The summed E-state index contributed by atoms with van der Waals surface area (Å²) in [5, 5.41) is 13.0. The van der Waals surface area contributed by atoms with Crippen LogP contribution in [-0.4, -0.2) is 23.0 Å². The molecular formula is C23H21NO6. The Morgan fingerprint density at radius 3 is 2.50 bits per heavy atom. The fourth-order valence-electron chi connectivity index (χ4n) is 4.35. The molecular weight excluding hydrogens is 386 g/mol. The highest BCUT2D eigenvalue weighted by molar-refractivity contribution is 5.95. The average Bonchev–Trinajstić information content (AvgIpc) is 3.16. The molecule has 0 spiro atoms. The Labute approximate surface area is 173 Å². The van der Waals surface area contributed by atoms with Crippen molar-refractivity contribution in [2.24, 2.45) is 5.92 Å². The smallest absolute Gasteiger partial charge is 0.337 e. The minimum atomic E-state index is -1.01. The number of benzene rings is 2. The van der Waals surface area contributed by atoms with Gasteiger partial charge in [-0.3, -0.25) is 9.59 Å². The second-order valence-electron chi connectivity index (χ2n) is 7.44. The van der Waals surface area contributed by atoms with Gasteiger partial charge in [0.2, 0.25) is 0 Å². The molecule has 0 unspecified atom stereocenters. The number of nitrogens with one attached hydrogen (secondary N) is 1. The van der Waals surface area contributed by atoms with E-state index in [1.165, 1.54) is 19.9 Å². The largest absolute Gasteiger partial charge is 0.478 e. The topological polar surface area (TPSA) is 102 Å². The number of aromatic carboxylic acids is 1. The Morgan fingerprint density at radius 2 is 1.80 bits per heavy atom. The highest BCUT2D eigenvalue weighted by atomic mass is 16.5. The summed E-state index contributed by atoms with van der Waals surface area (Å²) in [6, 6.07) is 9.87. The summed E-state index contributed by atoms with van der Waals surface area (Å²) in [5.41, 5.74) is 2.41. The van der Waals surface area contributed by atoms with E-state index in [9.17, 15) is 19.5 Å². The quantitative estimate of drug-likeness (QED) is 0.448. The normalized spacial score (nSPS) is 21.2. The molecule has 0 bridgehead atoms. The number of allylic oxidation sites excluding steroid dienone is 2. The predicted molar refractivity (Wildman–Crippen MR) is 109 cm³/mol. The first-order chi connectivity index (χ1) is 14.3. The molecule has 154 valence electrons. The van der Waals surface area contributed by atoms with Crippen LogP contribution in [0.4, 0.5) is 5.69 Å². The van der Waals surface area contributed by atoms with Crippen LogP contribution in [0.3, 0.4) is 0 Å². The standard InChI is InChI=1S/C23H21NO6/c1-12(25)29-14-9-10-18(20(11-14)30-13(2)26)21-16-6-3-5-15(16)17-7-4-8-19(23(27)28)22(17)24-21/h3-5,7-11,15-16,21,24H,6H2,1-2H3,(H,27,28)/t15-,16-,21+/m0/s1. The molecule has 2 aromatic carbocycles. The number of hydrogen-bond acceptors (Lipinski definition) is 6. The van der Waals surface area contributed by atoms with E-state index < -0.39 is 17.9 Å². The summed E-state index contributed by atoms with van der Waals surface area (Å²) < 4.78 is 10.6. The van der Waals surface area contributed by atoms with Crippen LogP contribution in [0, 0.1) is 5.92 Å². The lowest BCUT2D eigenvalue weighted by atomic mass is 9.76. The third-order valence-corrected chi connectivity index (χ3v) is 5.46. The minimum Gasteiger partial charge on any atom is -0.478 e. The lowest BCUT2D eigenvalue weighted by molar-refractivity contribution is -0.132. The van der Waals surface area contributed by atoms with E-state index >= 15 is 0 Å². The van der Waals surface area contributed by atoms with Gasteiger partial charge in [-0.25, -0.2) is 4.79 Å². The molecule has 2 aromatic rings. The molecule has 0 amide bonds. The van der Waals surface area contributed by atoms with Crippen molar-refractivity contribution in [2.45, 2.75) is 32.2 Å². The molecule has 1 aliphatic heterocycles. The number of carbonyl (C=O) groups excluding carboxylic acids is 2. The highest BCUT2D eigenvalue weighted by Gasteiger charge is 2.40. The zero-order valence-corrected chi connectivity index (χ0v) is 16.5. The van der Waals surface area contributed by atoms with Crippen LogP contribution in [0.5, 0.6) is 11.5 Å². The number of carboxylic acid groups (broad SMARTS) is 1. The van der Waals surface area contributed by atoms with Crippen LogP contribution in [0.2, 0.25) is 0 Å². The molecule has 7 nitrogen and oxygen atoms in total. The highest BCUT2D eigenvalue weighted by Crippen LogP contribution is 2.52. The Bertz CT molecular complexity index is 1070. The Balaban J connectivity index is 1.81. The Kier molecular flexibility index (Phi) is 5.03. The number of ether oxygens (including phenoxy) is 2. The first-order valence-electron chi connectivity index (χ1n) is 9.65. The molecule has 0 saturated carbocycles. The summed E-state index contributed by atoms with van der Waals surface area (Å²) in [5.74, 6) is -1.28. The van der Waals surface area contributed by atoms with Crippen molar-refractivity contribution >= 4 is 23.6 Å². The number of esters is 2. The molecule has 0 radical (unpaired) electrons. The molecule has 4 rings (SSSR count). The van der Waals surface area contributed by atoms with Gasteiger partial charge in [-0.2, -0.15) is 0 Å². The Morgan fingerprint density at radius 1 is 1.03 bits per heavy atom. The average molecular weight is 407 g/mol. The second-order valence-corrected chi connectivity index (χ2v) is 7.44. The SMILES string of the molecule is CC(=O)Oc1ccc([C@@H]2Nc3c(C(=O)O)cccc3[C@H]3C=CC[C@@H]32)c(OC(C)=O)c1. The van der Waals surface area contributed by atoms with Crippen molar-refractivity contribution in [3.05, 3.63) is 65.2 Å². The maximum atomic E-state index is 11.8. The van der Waals surface area contributed by atoms with E-state index in [0.29, 0.717) is 11.3 Å². The van der Waals surface area contributed by atoms with Gasteiger partial charge in [-0.15, -0.1) is 0 Å². The van der Waals surface area contributed by atoms with E-state index in [0.717, 1.165) is 12.0 Å². The van der Waals surface area contributed by atoms with Crippen LogP contribution < -0.4 is 14.8 Å². The zero-order valence-electron chi connectivity index (χ0n) is 16.5. The fraction of sp³-hybridized carbons (Fsp3) is 0.261. The van der Waals surface area contributed by atoms with E-state index in [2.05, 4.69) is 17.5 Å². The van der Waals surface area contributed by atoms with Gasteiger partial charge >= 0.3 is 17.9 Å². The van der Waals surface area contributed by atoms with E-state index in [4.69, 9.17) is 9.47 Å². The van der Waals surface area contributed by atoms with Crippen LogP contribution in [-0.2, 0) is 9.59 Å². The number of hydrogen-bond donors (Lipinski definition) is 2. The summed E-state index contributed by atoms with van der Waals surface area (Å²) >= 11 is 0. The second kappa shape index (κ2) is 7.67. The van der Waals surface area contributed by atoms with Gasteiger partial charge in [-0.1, -0.05) is 24.3 Å². The van der Waals surface area contributed by atoms with Crippen molar-refractivity contribution in [1.82, 2.24) is 0 Å². The van der Waals surface area contributed by atoms with E-state index in [1.54, 1.807) is 24.3 Å². The van der Waals surface area contributed by atoms with Gasteiger partial charge in [0.05, 0.1) is 17.3 Å². The monoisotopic (exact) mass is 407 g/mol. The molecule has 1 heterocycles. The molecule has 2 aliphatic rings. The number of carbonyl (C=O) groups is 3. The maximum absolute atomic E-state index is 11.8. The lowest BCUT2D eigenvalue weighted by Crippen LogP contribution is -2.30. The van der Waals surface area contributed by atoms with Crippen molar-refractivity contribution in [3.8, 4) is 11.5 Å². The van der Waals surface area contributed by atoms with Crippen LogP contribution >= 0.6 is 0 Å². The van der Waals surface area contributed by atoms with Gasteiger partial charge in [0.15, 0.2) is 0 Å². The molecule has 2 N–H and O–H groups in total. The van der Waals surface area contributed by atoms with Gasteiger partial charge in [0, 0.05) is 31.4 Å². The summed E-state index contributed by atoms with van der Waals surface area (Å²) in [6.45, 7) is 2.59. The number of anilines is 1. The zero-order chi connectivity index (χ0) is 21.4. The minimum absolute atomic E-state index is 0.0453. The molecule has 3 atom stereocenters. The number of para-hydroxylation sites is 1. The first-order valence-corrected chi connectivity index (χ1v) is 9.65. The maximum Gasteiger partial charge on any atom is 0.337 e. The summed E-state index contributed by atoms with van der Waals surface area (Å²) in [7, 11) is 0.